The van der Waals surface area contributed by atoms with Crippen LogP contribution >= 0.6 is 11.8 Å². The molecule has 20 heavy (non-hydrogen) atoms. The molecule has 0 radical (unpaired) electrons. The second kappa shape index (κ2) is 7.26. The maximum absolute atomic E-state index is 12.6. The zero-order valence-corrected chi connectivity index (χ0v) is 11.8. The molecule has 0 unspecified atom stereocenters. The average molecular weight is 313 g/mol. The van der Waals surface area contributed by atoms with E-state index in [-0.39, 0.29) is 23.9 Å². The van der Waals surface area contributed by atoms with Crippen LogP contribution < -0.4 is 5.32 Å². The van der Waals surface area contributed by atoms with Crippen molar-refractivity contribution in [2.75, 3.05) is 12.3 Å². The summed E-state index contributed by atoms with van der Waals surface area (Å²) in [5.74, 6) is -0.243. The molecule has 1 aromatic rings. The third kappa shape index (κ3) is 5.66. The molecular weight excluding hydrogens is 297 g/mol. The molecule has 0 aliphatic rings. The highest BCUT2D eigenvalue weighted by Crippen LogP contribution is 2.44. The summed E-state index contributed by atoms with van der Waals surface area (Å²) in [5, 5.41) is -1.65. The third-order valence-corrected chi connectivity index (χ3v) is 3.61. The molecule has 0 aromatic heterocycles. The molecule has 0 amide bonds. The number of halogens is 5. The van der Waals surface area contributed by atoms with Crippen molar-refractivity contribution >= 4 is 11.8 Å². The van der Waals surface area contributed by atoms with Crippen molar-refractivity contribution in [1.82, 2.24) is 5.32 Å². The summed E-state index contributed by atoms with van der Waals surface area (Å²) in [4.78, 5) is 0. The van der Waals surface area contributed by atoms with Crippen LogP contribution in [0.4, 0.5) is 22.0 Å². The van der Waals surface area contributed by atoms with E-state index in [0.717, 1.165) is 11.1 Å². The van der Waals surface area contributed by atoms with E-state index in [0.29, 0.717) is 13.1 Å². The lowest BCUT2D eigenvalue weighted by atomic mass is 10.1. The normalized spacial score (nSPS) is 12.7. The summed E-state index contributed by atoms with van der Waals surface area (Å²) in [6.07, 6.45) is -5.23. The predicted octanol–water partition coefficient (Wildman–Crippen LogP) is 4.36. The Hall–Kier alpha value is -0.820. The summed E-state index contributed by atoms with van der Waals surface area (Å²) in [6, 6.07) is 7.78. The lowest BCUT2D eigenvalue weighted by molar-refractivity contribution is -0.237. The van der Waals surface area contributed by atoms with Gasteiger partial charge in [0.2, 0.25) is 0 Å². The molecule has 0 spiro atoms. The largest absolute Gasteiger partial charge is 0.464 e. The second-order valence-corrected chi connectivity index (χ2v) is 5.59. The quantitative estimate of drug-likeness (QED) is 0.593. The molecule has 0 heterocycles. The first-order valence-electron chi connectivity index (χ1n) is 6.07. The van der Waals surface area contributed by atoms with Crippen LogP contribution in [-0.2, 0) is 6.54 Å². The van der Waals surface area contributed by atoms with E-state index in [4.69, 9.17) is 0 Å². The van der Waals surface area contributed by atoms with Crippen LogP contribution in [0.15, 0.2) is 24.3 Å². The Bertz CT molecular complexity index is 419. The smallest absolute Gasteiger partial charge is 0.313 e. The van der Waals surface area contributed by atoms with Gasteiger partial charge >= 0.3 is 11.4 Å². The number of thioether (sulfide) groups is 1. The van der Waals surface area contributed by atoms with Gasteiger partial charge in [0.05, 0.1) is 0 Å². The minimum atomic E-state index is -5.48. The highest BCUT2D eigenvalue weighted by Gasteiger charge is 2.57. The van der Waals surface area contributed by atoms with Gasteiger partial charge in [-0.2, -0.15) is 22.0 Å². The fraction of sp³-hybridized carbons (Fsp3) is 0.538. The Morgan fingerprint density at radius 2 is 1.85 bits per heavy atom. The van der Waals surface area contributed by atoms with Gasteiger partial charge in [0.1, 0.15) is 0 Å². The molecule has 0 atom stereocenters. The van der Waals surface area contributed by atoms with Gasteiger partial charge in [-0.1, -0.05) is 41.6 Å². The molecule has 0 aliphatic carbocycles. The van der Waals surface area contributed by atoms with Crippen molar-refractivity contribution in [1.29, 1.82) is 0 Å². The average Bonchev–Trinajstić information content (AvgIpc) is 2.32. The van der Waals surface area contributed by atoms with Gasteiger partial charge in [0.15, 0.2) is 0 Å². The van der Waals surface area contributed by atoms with Crippen molar-refractivity contribution in [2.24, 2.45) is 0 Å². The van der Waals surface area contributed by atoms with Crippen molar-refractivity contribution in [2.45, 2.75) is 31.3 Å². The zero-order valence-electron chi connectivity index (χ0n) is 10.9. The summed E-state index contributed by atoms with van der Waals surface area (Å²) in [5.41, 5.74) is 2.17. The van der Waals surface area contributed by atoms with Crippen LogP contribution in [-0.4, -0.2) is 23.7 Å². The van der Waals surface area contributed by atoms with Gasteiger partial charge in [-0.05, 0) is 25.5 Å². The van der Waals surface area contributed by atoms with Crippen LogP contribution in [0, 0.1) is 6.92 Å². The van der Waals surface area contributed by atoms with Crippen LogP contribution in [0.1, 0.15) is 17.5 Å². The highest BCUT2D eigenvalue weighted by atomic mass is 32.2. The number of rotatable bonds is 7. The Labute approximate surface area is 118 Å². The van der Waals surface area contributed by atoms with Crippen LogP contribution in [0.5, 0.6) is 0 Å². The fourth-order valence-electron chi connectivity index (χ4n) is 1.53. The maximum Gasteiger partial charge on any atom is 0.464 e. The molecule has 0 saturated heterocycles. The van der Waals surface area contributed by atoms with Gasteiger partial charge in [0.25, 0.3) is 0 Å². The molecule has 0 bridgehead atoms. The monoisotopic (exact) mass is 313 g/mol. The zero-order chi connectivity index (χ0) is 15.2. The number of hydrogen-bond donors (Lipinski definition) is 1. The first-order valence-corrected chi connectivity index (χ1v) is 7.06. The fourth-order valence-corrected chi connectivity index (χ4v) is 2.24. The third-order valence-electron chi connectivity index (χ3n) is 2.52. The molecular formula is C13H16F5NS. The molecule has 1 N–H and O–H groups in total. The summed E-state index contributed by atoms with van der Waals surface area (Å²) < 4.78 is 60.8. The maximum atomic E-state index is 12.6. The standard InChI is InChI=1S/C13H16F5NS/c1-10-4-2-5-11(8-10)9-19-6-3-7-20-13(17,18)12(14,15)16/h2,4-5,8,19H,3,6-7,9H2,1H3. The molecule has 0 fully saturated rings. The molecule has 7 heteroatoms. The highest BCUT2D eigenvalue weighted by molar-refractivity contribution is 8.00. The Kier molecular flexibility index (Phi) is 6.26. The first kappa shape index (κ1) is 17.2. The lowest BCUT2D eigenvalue weighted by Gasteiger charge is -2.18. The van der Waals surface area contributed by atoms with Gasteiger partial charge in [-0.3, -0.25) is 0 Å². The second-order valence-electron chi connectivity index (χ2n) is 4.38. The Morgan fingerprint density at radius 3 is 2.45 bits per heavy atom. The van der Waals surface area contributed by atoms with E-state index in [9.17, 15) is 22.0 Å². The van der Waals surface area contributed by atoms with Crippen LogP contribution in [0.2, 0.25) is 0 Å². The van der Waals surface area contributed by atoms with E-state index in [1.165, 1.54) is 0 Å². The number of aryl methyl sites for hydroxylation is 1. The number of nitrogens with one attached hydrogen (secondary N) is 1. The topological polar surface area (TPSA) is 12.0 Å². The Balaban J connectivity index is 2.17. The van der Waals surface area contributed by atoms with Gasteiger partial charge in [-0.15, -0.1) is 0 Å². The Morgan fingerprint density at radius 1 is 1.15 bits per heavy atom. The van der Waals surface area contributed by atoms with Gasteiger partial charge in [0, 0.05) is 12.3 Å². The molecule has 0 aliphatic heterocycles. The number of alkyl halides is 5. The summed E-state index contributed by atoms with van der Waals surface area (Å²) in [6.45, 7) is 2.93. The summed E-state index contributed by atoms with van der Waals surface area (Å²) in [7, 11) is 0. The van der Waals surface area contributed by atoms with Crippen molar-refractivity contribution in [3.63, 3.8) is 0 Å². The molecule has 1 rings (SSSR count). The van der Waals surface area contributed by atoms with Gasteiger partial charge in [-0.25, -0.2) is 0 Å². The van der Waals surface area contributed by atoms with E-state index >= 15 is 0 Å². The lowest BCUT2D eigenvalue weighted by Crippen LogP contribution is -2.33. The summed E-state index contributed by atoms with van der Waals surface area (Å²) >= 11 is -0.364. The molecule has 114 valence electrons. The van der Waals surface area contributed by atoms with E-state index in [1.54, 1.807) is 0 Å². The SMILES string of the molecule is Cc1cccc(CNCCCSC(F)(F)C(F)(F)F)c1. The first-order chi connectivity index (χ1) is 9.22. The number of hydrogen-bond acceptors (Lipinski definition) is 2. The van der Waals surface area contributed by atoms with E-state index in [1.807, 2.05) is 31.2 Å². The van der Waals surface area contributed by atoms with Crippen molar-refractivity contribution < 1.29 is 22.0 Å². The van der Waals surface area contributed by atoms with Crippen LogP contribution in [0.25, 0.3) is 0 Å². The van der Waals surface area contributed by atoms with E-state index in [2.05, 4.69) is 5.32 Å². The van der Waals surface area contributed by atoms with Crippen molar-refractivity contribution in [3.8, 4) is 0 Å². The van der Waals surface area contributed by atoms with Gasteiger partial charge < -0.3 is 5.32 Å². The van der Waals surface area contributed by atoms with Crippen molar-refractivity contribution in [3.05, 3.63) is 35.4 Å². The van der Waals surface area contributed by atoms with E-state index < -0.39 is 11.4 Å². The molecule has 1 nitrogen and oxygen atoms in total. The minimum Gasteiger partial charge on any atom is -0.313 e. The number of benzene rings is 1. The molecule has 0 saturated carbocycles. The minimum absolute atomic E-state index is 0.243. The van der Waals surface area contributed by atoms with Crippen LogP contribution in [0.3, 0.4) is 0 Å². The predicted molar refractivity (Wildman–Crippen MR) is 71.0 cm³/mol. The molecule has 1 aromatic carbocycles.